The Hall–Kier alpha value is -2.14. The zero-order chi connectivity index (χ0) is 17.4. The third-order valence-electron chi connectivity index (χ3n) is 5.65. The second-order valence-electron chi connectivity index (χ2n) is 7.73. The number of amides is 1. The molecule has 2 saturated heterocycles. The first kappa shape index (κ1) is 16.3. The highest BCUT2D eigenvalue weighted by molar-refractivity contribution is 5.85. The van der Waals surface area contributed by atoms with Crippen molar-refractivity contribution in [2.75, 3.05) is 19.6 Å². The van der Waals surface area contributed by atoms with Gasteiger partial charge < -0.3 is 4.90 Å². The van der Waals surface area contributed by atoms with Crippen LogP contribution in [0.1, 0.15) is 29.5 Å². The summed E-state index contributed by atoms with van der Waals surface area (Å²) in [6.45, 7) is 6.49. The second-order valence-corrected chi connectivity index (χ2v) is 7.73. The van der Waals surface area contributed by atoms with Crippen LogP contribution < -0.4 is 0 Å². The van der Waals surface area contributed by atoms with Gasteiger partial charge in [-0.05, 0) is 31.9 Å². The van der Waals surface area contributed by atoms with Gasteiger partial charge >= 0.3 is 0 Å². The summed E-state index contributed by atoms with van der Waals surface area (Å²) in [5, 5.41) is 4.24. The zero-order valence-corrected chi connectivity index (χ0v) is 15.1. The van der Waals surface area contributed by atoms with E-state index in [0.717, 1.165) is 45.6 Å². The van der Waals surface area contributed by atoms with Gasteiger partial charge in [-0.15, -0.1) is 0 Å². The van der Waals surface area contributed by atoms with Crippen molar-refractivity contribution in [3.05, 3.63) is 53.3 Å². The van der Waals surface area contributed by atoms with Crippen molar-refractivity contribution in [2.24, 2.45) is 12.5 Å². The van der Waals surface area contributed by atoms with Gasteiger partial charge in [0.2, 0.25) is 5.91 Å². The minimum absolute atomic E-state index is 0.161. The van der Waals surface area contributed by atoms with E-state index in [1.54, 1.807) is 0 Å². The molecular formula is C20H26N4O. The molecule has 2 fully saturated rings. The third kappa shape index (κ3) is 3.21. The number of nitrogens with zero attached hydrogens (tertiary/aromatic N) is 4. The maximum atomic E-state index is 13.1. The van der Waals surface area contributed by atoms with Crippen LogP contribution in [-0.4, -0.2) is 45.1 Å². The van der Waals surface area contributed by atoms with Gasteiger partial charge in [-0.2, -0.15) is 5.10 Å². The van der Waals surface area contributed by atoms with E-state index in [2.05, 4.69) is 52.3 Å². The van der Waals surface area contributed by atoms with Crippen LogP contribution in [0.5, 0.6) is 0 Å². The molecule has 2 aliphatic rings. The van der Waals surface area contributed by atoms with Crippen molar-refractivity contribution in [1.82, 2.24) is 19.6 Å². The summed E-state index contributed by atoms with van der Waals surface area (Å²) in [5.74, 6) is 0.350. The van der Waals surface area contributed by atoms with Gasteiger partial charge in [-0.1, -0.05) is 29.8 Å². The fraction of sp³-hybridized carbons (Fsp3) is 0.500. The van der Waals surface area contributed by atoms with Crippen LogP contribution in [0.15, 0.2) is 36.7 Å². The van der Waals surface area contributed by atoms with E-state index in [0.29, 0.717) is 5.91 Å². The summed E-state index contributed by atoms with van der Waals surface area (Å²) in [7, 11) is 1.94. The molecule has 5 nitrogen and oxygen atoms in total. The predicted molar refractivity (Wildman–Crippen MR) is 96.7 cm³/mol. The Balaban J connectivity index is 1.41. The summed E-state index contributed by atoms with van der Waals surface area (Å²) >= 11 is 0. The lowest BCUT2D eigenvalue weighted by atomic mass is 9.85. The molecular weight excluding hydrogens is 312 g/mol. The Morgan fingerprint density at radius 3 is 2.76 bits per heavy atom. The van der Waals surface area contributed by atoms with Gasteiger partial charge in [0.25, 0.3) is 0 Å². The van der Waals surface area contributed by atoms with Crippen LogP contribution in [0.25, 0.3) is 0 Å². The minimum Gasteiger partial charge on any atom is -0.338 e. The molecule has 0 N–H and O–H groups in total. The molecule has 4 rings (SSSR count). The molecule has 1 aromatic carbocycles. The Kier molecular flexibility index (Phi) is 4.12. The number of carbonyl (C=O) groups is 1. The number of aromatic nitrogens is 2. The summed E-state index contributed by atoms with van der Waals surface area (Å²) in [6.07, 6.45) is 5.95. The highest BCUT2D eigenvalue weighted by atomic mass is 16.2. The van der Waals surface area contributed by atoms with E-state index in [1.165, 1.54) is 16.7 Å². The average Bonchev–Trinajstić information content (AvgIpc) is 3.25. The Morgan fingerprint density at radius 1 is 1.16 bits per heavy atom. The van der Waals surface area contributed by atoms with E-state index in [-0.39, 0.29) is 5.41 Å². The first-order chi connectivity index (χ1) is 12.0. The normalized spacial score (nSPS) is 23.9. The van der Waals surface area contributed by atoms with Gasteiger partial charge in [-0.25, -0.2) is 0 Å². The van der Waals surface area contributed by atoms with Crippen molar-refractivity contribution < 1.29 is 4.79 Å². The van der Waals surface area contributed by atoms with Crippen LogP contribution in [-0.2, 0) is 24.9 Å². The molecule has 132 valence electrons. The molecule has 2 aromatic rings. The minimum atomic E-state index is -0.161. The molecule has 0 radical (unpaired) electrons. The van der Waals surface area contributed by atoms with Gasteiger partial charge in [-0.3, -0.25) is 14.4 Å². The maximum absolute atomic E-state index is 13.1. The molecule has 25 heavy (non-hydrogen) atoms. The number of carbonyl (C=O) groups excluding carboxylic acids is 1. The summed E-state index contributed by atoms with van der Waals surface area (Å²) < 4.78 is 1.84. The molecule has 0 aliphatic carbocycles. The molecule has 2 aliphatic heterocycles. The van der Waals surface area contributed by atoms with Gasteiger partial charge in [0, 0.05) is 45.0 Å². The Labute approximate surface area is 149 Å². The number of benzene rings is 1. The standard InChI is InChI=1S/C20H26N4O/c1-16-4-3-5-17(10-16)14-24-9-7-20(19(24)25)6-8-23(15-20)13-18-11-21-22(2)12-18/h3-5,10-12H,6-9,13-15H2,1-2H3. The highest BCUT2D eigenvalue weighted by Crippen LogP contribution is 2.41. The highest BCUT2D eigenvalue weighted by Gasteiger charge is 2.50. The molecule has 5 heteroatoms. The van der Waals surface area contributed by atoms with E-state index in [4.69, 9.17) is 0 Å². The maximum Gasteiger partial charge on any atom is 0.230 e. The lowest BCUT2D eigenvalue weighted by molar-refractivity contribution is -0.136. The molecule has 1 amide bonds. The van der Waals surface area contributed by atoms with Crippen LogP contribution >= 0.6 is 0 Å². The SMILES string of the molecule is Cc1cccc(CN2CCC3(CCN(Cc4cnn(C)c4)C3)C2=O)c1. The molecule has 1 unspecified atom stereocenters. The summed E-state index contributed by atoms with van der Waals surface area (Å²) in [5.41, 5.74) is 3.55. The first-order valence-corrected chi connectivity index (χ1v) is 9.09. The monoisotopic (exact) mass is 338 g/mol. The largest absolute Gasteiger partial charge is 0.338 e. The second kappa shape index (κ2) is 6.30. The van der Waals surface area contributed by atoms with E-state index >= 15 is 0 Å². The van der Waals surface area contributed by atoms with Crippen molar-refractivity contribution in [1.29, 1.82) is 0 Å². The van der Waals surface area contributed by atoms with Gasteiger partial charge in [0.15, 0.2) is 0 Å². The smallest absolute Gasteiger partial charge is 0.230 e. The topological polar surface area (TPSA) is 41.4 Å². The molecule has 0 bridgehead atoms. The van der Waals surface area contributed by atoms with E-state index in [1.807, 2.05) is 17.9 Å². The summed E-state index contributed by atoms with van der Waals surface area (Å²) in [4.78, 5) is 17.6. The first-order valence-electron chi connectivity index (χ1n) is 9.09. The van der Waals surface area contributed by atoms with Crippen molar-refractivity contribution in [3.63, 3.8) is 0 Å². The lowest BCUT2D eigenvalue weighted by Gasteiger charge is -2.23. The zero-order valence-electron chi connectivity index (χ0n) is 15.1. The van der Waals surface area contributed by atoms with Crippen molar-refractivity contribution in [3.8, 4) is 0 Å². The molecule has 1 spiro atoms. The summed E-state index contributed by atoms with van der Waals surface area (Å²) in [6, 6.07) is 8.48. The lowest BCUT2D eigenvalue weighted by Crippen LogP contribution is -2.36. The average molecular weight is 338 g/mol. The molecule has 1 aromatic heterocycles. The third-order valence-corrected chi connectivity index (χ3v) is 5.65. The number of hydrogen-bond acceptors (Lipinski definition) is 3. The molecule has 0 saturated carbocycles. The van der Waals surface area contributed by atoms with Gasteiger partial charge in [0.1, 0.15) is 0 Å². The van der Waals surface area contributed by atoms with E-state index < -0.39 is 0 Å². The van der Waals surface area contributed by atoms with Crippen LogP contribution in [0.2, 0.25) is 0 Å². The number of aryl methyl sites for hydroxylation is 2. The van der Waals surface area contributed by atoms with E-state index in [9.17, 15) is 4.79 Å². The number of likely N-dealkylation sites (tertiary alicyclic amines) is 2. The molecule has 1 atom stereocenters. The number of rotatable bonds is 4. The predicted octanol–water partition coefficient (Wildman–Crippen LogP) is 2.35. The van der Waals surface area contributed by atoms with Crippen molar-refractivity contribution in [2.45, 2.75) is 32.9 Å². The number of hydrogen-bond donors (Lipinski definition) is 0. The Morgan fingerprint density at radius 2 is 2.00 bits per heavy atom. The van der Waals surface area contributed by atoms with Crippen LogP contribution in [0.4, 0.5) is 0 Å². The Bertz CT molecular complexity index is 784. The van der Waals surface area contributed by atoms with Gasteiger partial charge in [0.05, 0.1) is 11.6 Å². The molecule has 3 heterocycles. The van der Waals surface area contributed by atoms with Crippen LogP contribution in [0, 0.1) is 12.3 Å². The van der Waals surface area contributed by atoms with Crippen molar-refractivity contribution >= 4 is 5.91 Å². The quantitative estimate of drug-likeness (QED) is 0.859. The fourth-order valence-corrected chi connectivity index (χ4v) is 4.36. The fourth-order valence-electron chi connectivity index (χ4n) is 4.36. The van der Waals surface area contributed by atoms with Crippen LogP contribution in [0.3, 0.4) is 0 Å².